The van der Waals surface area contributed by atoms with Gasteiger partial charge in [0.05, 0.1) is 0 Å². The summed E-state index contributed by atoms with van der Waals surface area (Å²) in [4.78, 5) is 0. The molecule has 1 heteroatoms. The summed E-state index contributed by atoms with van der Waals surface area (Å²) >= 11 is 0. The van der Waals surface area contributed by atoms with Crippen molar-refractivity contribution in [3.63, 3.8) is 0 Å². The molecule has 1 aliphatic rings. The summed E-state index contributed by atoms with van der Waals surface area (Å²) in [6.07, 6.45) is 1.21. The number of ether oxygens (including phenoxy) is 1. The second-order valence-electron chi connectivity index (χ2n) is 2.60. The van der Waals surface area contributed by atoms with Gasteiger partial charge >= 0.3 is 0 Å². The Bertz CT molecular complexity index is 62.8. The molecule has 2 unspecified atom stereocenters. The molecule has 1 aliphatic heterocycles. The molecule has 1 saturated heterocycles. The fourth-order valence-electron chi connectivity index (χ4n) is 1.00. The molecular weight excluding hydrogens is 100 g/mol. The first-order valence-electron chi connectivity index (χ1n) is 3.21. The van der Waals surface area contributed by atoms with Gasteiger partial charge in [0, 0.05) is 13.2 Å². The highest BCUT2D eigenvalue weighted by atomic mass is 16.5. The lowest BCUT2D eigenvalue weighted by Gasteiger charge is -2.09. The lowest BCUT2D eigenvalue weighted by atomic mass is 9.96. The maximum atomic E-state index is 5.18. The highest BCUT2D eigenvalue weighted by molar-refractivity contribution is 4.71. The summed E-state index contributed by atoms with van der Waals surface area (Å²) < 4.78 is 5.18. The Balaban J connectivity index is 2.24. The van der Waals surface area contributed by atoms with Crippen molar-refractivity contribution in [2.24, 2.45) is 11.8 Å². The molecule has 0 aromatic rings. The number of rotatable bonds is 1. The zero-order chi connectivity index (χ0) is 5.98. The Hall–Kier alpha value is -0.0400. The van der Waals surface area contributed by atoms with Crippen LogP contribution in [0.2, 0.25) is 0 Å². The first-order valence-corrected chi connectivity index (χ1v) is 3.21. The van der Waals surface area contributed by atoms with Gasteiger partial charge in [-0.2, -0.15) is 0 Å². The summed E-state index contributed by atoms with van der Waals surface area (Å²) in [5.74, 6) is 1.30. The molecule has 1 rings (SSSR count). The van der Waals surface area contributed by atoms with Crippen molar-refractivity contribution in [1.82, 2.24) is 0 Å². The van der Waals surface area contributed by atoms with E-state index >= 15 is 0 Å². The molecule has 8 heavy (non-hydrogen) atoms. The van der Waals surface area contributed by atoms with Gasteiger partial charge in [-0.05, 0) is 18.3 Å². The smallest absolute Gasteiger partial charge is 0.0497 e. The van der Waals surface area contributed by atoms with Gasteiger partial charge in [-0.1, -0.05) is 13.8 Å². The topological polar surface area (TPSA) is 9.23 Å². The predicted molar refractivity (Wildman–Crippen MR) is 33.4 cm³/mol. The molecule has 0 saturated carbocycles. The fourth-order valence-corrected chi connectivity index (χ4v) is 1.00. The van der Waals surface area contributed by atoms with Crippen LogP contribution in [-0.4, -0.2) is 13.2 Å². The van der Waals surface area contributed by atoms with E-state index in [1.807, 2.05) is 0 Å². The molecule has 0 aliphatic carbocycles. The van der Waals surface area contributed by atoms with Crippen LogP contribution < -0.4 is 0 Å². The largest absolute Gasteiger partial charge is 0.381 e. The van der Waals surface area contributed by atoms with Crippen molar-refractivity contribution in [2.45, 2.75) is 13.3 Å². The minimum absolute atomic E-state index is 0.567. The van der Waals surface area contributed by atoms with Crippen molar-refractivity contribution < 1.29 is 4.74 Å². The van der Waals surface area contributed by atoms with E-state index in [0.29, 0.717) is 5.92 Å². The Morgan fingerprint density at radius 3 is 2.75 bits per heavy atom. The standard InChI is InChI=1S/C7H13O/c1-6(2)7-3-4-8-5-7/h6-7H,1,3-5H2,2H3. The van der Waals surface area contributed by atoms with E-state index in [0.717, 1.165) is 19.1 Å². The monoisotopic (exact) mass is 113 g/mol. The Morgan fingerprint density at radius 1 is 1.75 bits per heavy atom. The first-order chi connectivity index (χ1) is 3.80. The minimum atomic E-state index is 0.567. The van der Waals surface area contributed by atoms with Gasteiger partial charge in [-0.15, -0.1) is 0 Å². The fraction of sp³-hybridized carbons (Fsp3) is 0.857. The molecule has 0 aromatic carbocycles. The summed E-state index contributed by atoms with van der Waals surface area (Å²) in [6, 6.07) is 0. The molecule has 2 atom stereocenters. The van der Waals surface area contributed by atoms with Crippen LogP contribution in [0.3, 0.4) is 0 Å². The van der Waals surface area contributed by atoms with Crippen molar-refractivity contribution in [3.8, 4) is 0 Å². The van der Waals surface area contributed by atoms with Crippen LogP contribution in [0.15, 0.2) is 0 Å². The van der Waals surface area contributed by atoms with Crippen LogP contribution in [0, 0.1) is 18.8 Å². The molecule has 47 valence electrons. The summed E-state index contributed by atoms with van der Waals surface area (Å²) in [5.41, 5.74) is 0. The second-order valence-corrected chi connectivity index (χ2v) is 2.60. The van der Waals surface area contributed by atoms with Gasteiger partial charge in [0.15, 0.2) is 0 Å². The summed E-state index contributed by atoms with van der Waals surface area (Å²) in [5, 5.41) is 0. The highest BCUT2D eigenvalue weighted by Crippen LogP contribution is 2.19. The van der Waals surface area contributed by atoms with Gasteiger partial charge in [0.25, 0.3) is 0 Å². The van der Waals surface area contributed by atoms with Crippen LogP contribution in [0.1, 0.15) is 13.3 Å². The molecule has 1 fully saturated rings. The average Bonchev–Trinajstić information content (AvgIpc) is 2.12. The zero-order valence-electron chi connectivity index (χ0n) is 5.39. The minimum Gasteiger partial charge on any atom is -0.381 e. The van der Waals surface area contributed by atoms with Crippen molar-refractivity contribution in [2.75, 3.05) is 13.2 Å². The molecule has 0 bridgehead atoms. The third-order valence-corrected chi connectivity index (χ3v) is 1.77. The van der Waals surface area contributed by atoms with E-state index in [9.17, 15) is 0 Å². The van der Waals surface area contributed by atoms with Crippen LogP contribution in [0.5, 0.6) is 0 Å². The average molecular weight is 113 g/mol. The second kappa shape index (κ2) is 2.49. The van der Waals surface area contributed by atoms with E-state index in [1.165, 1.54) is 6.42 Å². The van der Waals surface area contributed by atoms with Gasteiger partial charge in [0.1, 0.15) is 0 Å². The van der Waals surface area contributed by atoms with Crippen LogP contribution in [0.25, 0.3) is 0 Å². The Kier molecular flexibility index (Phi) is 1.90. The Morgan fingerprint density at radius 2 is 2.50 bits per heavy atom. The van der Waals surface area contributed by atoms with E-state index in [1.54, 1.807) is 0 Å². The van der Waals surface area contributed by atoms with E-state index in [2.05, 4.69) is 13.8 Å². The summed E-state index contributed by atoms with van der Waals surface area (Å²) in [7, 11) is 0. The number of hydrogen-bond donors (Lipinski definition) is 0. The molecule has 1 heterocycles. The molecular formula is C7H13O. The molecule has 1 radical (unpaired) electrons. The number of hydrogen-bond acceptors (Lipinski definition) is 1. The van der Waals surface area contributed by atoms with Crippen LogP contribution in [0.4, 0.5) is 0 Å². The highest BCUT2D eigenvalue weighted by Gasteiger charge is 2.18. The molecule has 1 nitrogen and oxygen atoms in total. The van der Waals surface area contributed by atoms with E-state index < -0.39 is 0 Å². The van der Waals surface area contributed by atoms with Gasteiger partial charge in [-0.25, -0.2) is 0 Å². The normalized spacial score (nSPS) is 29.6. The first kappa shape index (κ1) is 6.09. The van der Waals surface area contributed by atoms with Crippen molar-refractivity contribution in [3.05, 3.63) is 6.92 Å². The lowest BCUT2D eigenvalue weighted by molar-refractivity contribution is 0.179. The van der Waals surface area contributed by atoms with Gasteiger partial charge < -0.3 is 4.74 Å². The maximum absolute atomic E-state index is 5.18. The quantitative estimate of drug-likeness (QED) is 0.500. The SMILES string of the molecule is [CH2]C(C)C1CCOC1. The third kappa shape index (κ3) is 1.22. The lowest BCUT2D eigenvalue weighted by Crippen LogP contribution is -2.07. The molecule has 0 spiro atoms. The molecule has 0 aromatic heterocycles. The molecule has 0 amide bonds. The van der Waals surface area contributed by atoms with Crippen LogP contribution >= 0.6 is 0 Å². The third-order valence-electron chi connectivity index (χ3n) is 1.77. The van der Waals surface area contributed by atoms with Crippen molar-refractivity contribution in [1.29, 1.82) is 0 Å². The van der Waals surface area contributed by atoms with Crippen molar-refractivity contribution >= 4 is 0 Å². The van der Waals surface area contributed by atoms with E-state index in [-0.39, 0.29) is 0 Å². The zero-order valence-corrected chi connectivity index (χ0v) is 5.39. The maximum Gasteiger partial charge on any atom is 0.0497 e. The summed E-state index contributed by atoms with van der Waals surface area (Å²) in [6.45, 7) is 7.98. The van der Waals surface area contributed by atoms with E-state index in [4.69, 9.17) is 4.74 Å². The Labute approximate surface area is 51.0 Å². The van der Waals surface area contributed by atoms with Crippen LogP contribution in [-0.2, 0) is 4.74 Å². The van der Waals surface area contributed by atoms with Gasteiger partial charge in [0.2, 0.25) is 0 Å². The molecule has 0 N–H and O–H groups in total. The van der Waals surface area contributed by atoms with Gasteiger partial charge in [-0.3, -0.25) is 0 Å². The predicted octanol–water partition coefficient (Wildman–Crippen LogP) is 1.49.